The molecule has 0 radical (unpaired) electrons. The summed E-state index contributed by atoms with van der Waals surface area (Å²) < 4.78 is 16.4. The van der Waals surface area contributed by atoms with E-state index in [0.29, 0.717) is 25.2 Å². The van der Waals surface area contributed by atoms with E-state index in [-0.39, 0.29) is 24.0 Å². The van der Waals surface area contributed by atoms with Gasteiger partial charge in [-0.25, -0.2) is 0 Å². The Balaban J connectivity index is 0.00000261. The van der Waals surface area contributed by atoms with Gasteiger partial charge in [0.1, 0.15) is 23.5 Å². The van der Waals surface area contributed by atoms with Crippen molar-refractivity contribution < 1.29 is 14.0 Å². The first kappa shape index (κ1) is 21.3. The van der Waals surface area contributed by atoms with E-state index >= 15 is 0 Å². The van der Waals surface area contributed by atoms with Crippen molar-refractivity contribution in [3.05, 3.63) is 41.8 Å². The lowest BCUT2D eigenvalue weighted by atomic mass is 10.2. The number of methoxy groups -OCH3 is 1. The van der Waals surface area contributed by atoms with Gasteiger partial charge in [-0.1, -0.05) is 5.16 Å². The fourth-order valence-electron chi connectivity index (χ4n) is 3.01. The smallest absolute Gasteiger partial charge is 0.191 e. The molecule has 148 valence electrons. The summed E-state index contributed by atoms with van der Waals surface area (Å²) in [4.78, 5) is 4.24. The van der Waals surface area contributed by atoms with Gasteiger partial charge in [-0.3, -0.25) is 4.99 Å². The van der Waals surface area contributed by atoms with Crippen LogP contribution in [0.15, 0.2) is 40.0 Å². The Hall–Kier alpha value is -1.97. The normalized spacial score (nSPS) is 14.5. The van der Waals surface area contributed by atoms with Crippen molar-refractivity contribution in [1.82, 2.24) is 15.8 Å². The van der Waals surface area contributed by atoms with Crippen LogP contribution in [0.5, 0.6) is 11.5 Å². The van der Waals surface area contributed by atoms with Gasteiger partial charge in [0.05, 0.1) is 19.8 Å². The molecule has 8 heteroatoms. The Bertz CT molecular complexity index is 716. The van der Waals surface area contributed by atoms with Crippen LogP contribution < -0.4 is 20.1 Å². The van der Waals surface area contributed by atoms with Gasteiger partial charge in [0.25, 0.3) is 0 Å². The molecule has 1 saturated carbocycles. The van der Waals surface area contributed by atoms with E-state index in [1.165, 1.54) is 12.8 Å². The van der Waals surface area contributed by atoms with Crippen molar-refractivity contribution in [1.29, 1.82) is 0 Å². The summed E-state index contributed by atoms with van der Waals surface area (Å²) in [6.45, 7) is 1.15. The van der Waals surface area contributed by atoms with Crippen LogP contribution in [0.4, 0.5) is 0 Å². The lowest BCUT2D eigenvalue weighted by Crippen LogP contribution is -2.36. The average molecular weight is 486 g/mol. The second kappa shape index (κ2) is 11.0. The summed E-state index contributed by atoms with van der Waals surface area (Å²) in [7, 11) is 3.41. The highest BCUT2D eigenvalue weighted by atomic mass is 127. The summed E-state index contributed by atoms with van der Waals surface area (Å²) in [5, 5.41) is 10.4. The van der Waals surface area contributed by atoms with E-state index in [2.05, 4.69) is 20.8 Å². The number of nitrogens with zero attached hydrogens (tertiary/aromatic N) is 2. The minimum absolute atomic E-state index is 0. The highest BCUT2D eigenvalue weighted by molar-refractivity contribution is 14.0. The monoisotopic (exact) mass is 486 g/mol. The third kappa shape index (κ3) is 6.30. The molecule has 0 saturated heterocycles. The molecule has 1 aliphatic carbocycles. The minimum atomic E-state index is 0. The van der Waals surface area contributed by atoms with Gasteiger partial charge >= 0.3 is 0 Å². The molecule has 1 heterocycles. The number of rotatable bonds is 7. The summed E-state index contributed by atoms with van der Waals surface area (Å²) in [5.41, 5.74) is 1.89. The molecule has 1 fully saturated rings. The maximum absolute atomic E-state index is 6.23. The quantitative estimate of drug-likeness (QED) is 0.355. The third-order valence-corrected chi connectivity index (χ3v) is 4.47. The fourth-order valence-corrected chi connectivity index (χ4v) is 3.01. The molecule has 2 aromatic rings. The zero-order valence-corrected chi connectivity index (χ0v) is 18.1. The van der Waals surface area contributed by atoms with Gasteiger partial charge in [-0.15, -0.1) is 24.0 Å². The van der Waals surface area contributed by atoms with Gasteiger partial charge in [-0.2, -0.15) is 0 Å². The number of guanidine groups is 1. The highest BCUT2D eigenvalue weighted by Crippen LogP contribution is 2.29. The first-order valence-electron chi connectivity index (χ1n) is 8.96. The highest BCUT2D eigenvalue weighted by Gasteiger charge is 2.18. The Morgan fingerprint density at radius 3 is 2.67 bits per heavy atom. The van der Waals surface area contributed by atoms with Crippen LogP contribution >= 0.6 is 24.0 Å². The molecule has 1 aromatic heterocycles. The Labute approximate surface area is 176 Å². The van der Waals surface area contributed by atoms with Crippen molar-refractivity contribution in [2.45, 2.75) is 44.9 Å². The fraction of sp³-hybridized carbons (Fsp3) is 0.474. The number of halogens is 1. The van der Waals surface area contributed by atoms with Crippen molar-refractivity contribution in [2.24, 2.45) is 4.99 Å². The van der Waals surface area contributed by atoms with Gasteiger partial charge in [0.15, 0.2) is 5.96 Å². The molecule has 0 bridgehead atoms. The van der Waals surface area contributed by atoms with Crippen LogP contribution in [0, 0.1) is 0 Å². The second-order valence-corrected chi connectivity index (χ2v) is 6.27. The summed E-state index contributed by atoms with van der Waals surface area (Å²) >= 11 is 0. The lowest BCUT2D eigenvalue weighted by molar-refractivity contribution is 0.207. The van der Waals surface area contributed by atoms with Crippen molar-refractivity contribution in [3.63, 3.8) is 0 Å². The molecule has 0 aliphatic heterocycles. The third-order valence-electron chi connectivity index (χ3n) is 4.47. The molecular formula is C19H27IN4O3. The molecule has 1 aliphatic rings. The maximum atomic E-state index is 6.23. The van der Waals surface area contributed by atoms with E-state index < -0.39 is 0 Å². The second-order valence-electron chi connectivity index (χ2n) is 6.27. The van der Waals surface area contributed by atoms with Crippen LogP contribution in [0.2, 0.25) is 0 Å². The van der Waals surface area contributed by atoms with Crippen LogP contribution in [0.3, 0.4) is 0 Å². The van der Waals surface area contributed by atoms with Crippen molar-refractivity contribution in [3.8, 4) is 11.5 Å². The van der Waals surface area contributed by atoms with Crippen LogP contribution in [-0.2, 0) is 13.1 Å². The summed E-state index contributed by atoms with van der Waals surface area (Å²) in [6.07, 6.45) is 6.56. The summed E-state index contributed by atoms with van der Waals surface area (Å²) in [6, 6.07) is 7.75. The van der Waals surface area contributed by atoms with E-state index in [1.807, 2.05) is 24.3 Å². The van der Waals surface area contributed by atoms with E-state index in [1.54, 1.807) is 20.4 Å². The number of ether oxygens (including phenoxy) is 2. The molecular weight excluding hydrogens is 459 g/mol. The zero-order valence-electron chi connectivity index (χ0n) is 15.7. The van der Waals surface area contributed by atoms with Crippen molar-refractivity contribution in [2.75, 3.05) is 14.2 Å². The minimum Gasteiger partial charge on any atom is -0.497 e. The molecule has 2 N–H and O–H groups in total. The first-order valence-corrected chi connectivity index (χ1v) is 8.96. The predicted molar refractivity (Wildman–Crippen MR) is 115 cm³/mol. The van der Waals surface area contributed by atoms with E-state index in [0.717, 1.165) is 35.6 Å². The first-order chi connectivity index (χ1) is 12.8. The number of hydrogen-bond donors (Lipinski definition) is 2. The van der Waals surface area contributed by atoms with Crippen LogP contribution in [-0.4, -0.2) is 31.4 Å². The SMILES string of the molecule is CN=C(NCc1ccon1)NCc1ccc(OC)cc1OC1CCCC1.I. The molecule has 1 aromatic carbocycles. The van der Waals surface area contributed by atoms with Gasteiger partial charge in [0.2, 0.25) is 0 Å². The lowest BCUT2D eigenvalue weighted by Gasteiger charge is -2.18. The van der Waals surface area contributed by atoms with Crippen LogP contribution in [0.25, 0.3) is 0 Å². The van der Waals surface area contributed by atoms with Gasteiger partial charge < -0.3 is 24.6 Å². The maximum Gasteiger partial charge on any atom is 0.191 e. The topological polar surface area (TPSA) is 80.9 Å². The number of hydrogen-bond acceptors (Lipinski definition) is 5. The largest absolute Gasteiger partial charge is 0.497 e. The number of aromatic nitrogens is 1. The van der Waals surface area contributed by atoms with Gasteiger partial charge in [-0.05, 0) is 37.8 Å². The van der Waals surface area contributed by atoms with Crippen molar-refractivity contribution >= 4 is 29.9 Å². The molecule has 27 heavy (non-hydrogen) atoms. The van der Waals surface area contributed by atoms with Gasteiger partial charge in [0, 0.05) is 31.3 Å². The van der Waals surface area contributed by atoms with E-state index in [9.17, 15) is 0 Å². The molecule has 0 atom stereocenters. The Morgan fingerprint density at radius 2 is 2.00 bits per heavy atom. The standard InChI is InChI=1S/C19H26N4O3.HI/c1-20-19(22-13-15-9-10-25-23-15)21-12-14-7-8-17(24-2)11-18(14)26-16-5-3-4-6-16;/h7-11,16H,3-6,12-13H2,1-2H3,(H2,20,21,22);1H. The molecule has 7 nitrogen and oxygen atoms in total. The zero-order chi connectivity index (χ0) is 18.2. The summed E-state index contributed by atoms with van der Waals surface area (Å²) in [5.74, 6) is 2.36. The molecule has 3 rings (SSSR count). The number of nitrogens with one attached hydrogen (secondary N) is 2. The predicted octanol–water partition coefficient (Wildman–Crippen LogP) is 3.49. The Kier molecular flexibility index (Phi) is 8.70. The number of aliphatic imine (C=N–C) groups is 1. The average Bonchev–Trinajstić information content (AvgIpc) is 3.36. The van der Waals surface area contributed by atoms with Crippen LogP contribution in [0.1, 0.15) is 36.9 Å². The molecule has 0 unspecified atom stereocenters. The van der Waals surface area contributed by atoms with E-state index in [4.69, 9.17) is 14.0 Å². The molecule has 0 spiro atoms. The number of benzene rings is 1. The molecule has 0 amide bonds. The Morgan fingerprint density at radius 1 is 1.22 bits per heavy atom.